The van der Waals surface area contributed by atoms with Crippen molar-refractivity contribution in [2.45, 2.75) is 19.9 Å². The van der Waals surface area contributed by atoms with Crippen LogP contribution in [0.25, 0.3) is 5.70 Å². The molecule has 0 radical (unpaired) electrons. The Hall–Kier alpha value is -3.19. The first-order valence-corrected chi connectivity index (χ1v) is 10.3. The topological polar surface area (TPSA) is 75.9 Å². The quantitative estimate of drug-likeness (QED) is 0.657. The van der Waals surface area contributed by atoms with E-state index in [1.165, 1.54) is 0 Å². The van der Waals surface area contributed by atoms with E-state index in [0.717, 1.165) is 16.8 Å². The smallest absolute Gasteiger partial charge is 0.251 e. The molecule has 0 spiro atoms. The summed E-state index contributed by atoms with van der Waals surface area (Å²) in [5, 5.41) is 16.0. The van der Waals surface area contributed by atoms with Crippen LogP contribution < -0.4 is 10.2 Å². The van der Waals surface area contributed by atoms with Gasteiger partial charge in [0.15, 0.2) is 0 Å². The first-order valence-electron chi connectivity index (χ1n) is 9.87. The van der Waals surface area contributed by atoms with E-state index in [2.05, 4.69) is 40.8 Å². The molecule has 8 heteroatoms. The Bertz CT molecular complexity index is 1050. The molecule has 1 unspecified atom stereocenters. The second-order valence-corrected chi connectivity index (χ2v) is 8.06. The highest BCUT2D eigenvalue weighted by Gasteiger charge is 2.31. The van der Waals surface area contributed by atoms with E-state index in [1.54, 1.807) is 4.68 Å². The Balaban J connectivity index is 1.75. The van der Waals surface area contributed by atoms with Crippen LogP contribution >= 0.6 is 11.6 Å². The average Bonchev–Trinajstić information content (AvgIpc) is 3.24. The summed E-state index contributed by atoms with van der Waals surface area (Å²) in [5.41, 5.74) is 2.88. The van der Waals surface area contributed by atoms with Gasteiger partial charge in [0.25, 0.3) is 5.95 Å². The number of carbonyl (C=O) groups excluding carboxylic acids is 1. The predicted molar refractivity (Wildman–Crippen MR) is 117 cm³/mol. The average molecular weight is 423 g/mol. The lowest BCUT2D eigenvalue weighted by atomic mass is 10.0. The van der Waals surface area contributed by atoms with Gasteiger partial charge in [-0.2, -0.15) is 4.68 Å². The third-order valence-electron chi connectivity index (χ3n) is 4.88. The number of tetrazole rings is 1. The molecule has 0 saturated carbocycles. The number of amides is 1. The van der Waals surface area contributed by atoms with E-state index >= 15 is 0 Å². The largest absolute Gasteiger partial charge is 0.354 e. The number of nitrogens with zero attached hydrogens (tertiary/aromatic N) is 5. The van der Waals surface area contributed by atoms with Gasteiger partial charge in [-0.15, -0.1) is 0 Å². The van der Waals surface area contributed by atoms with Crippen molar-refractivity contribution in [3.8, 4) is 0 Å². The molecule has 0 fully saturated rings. The molecule has 1 atom stereocenters. The van der Waals surface area contributed by atoms with Gasteiger partial charge in [-0.3, -0.25) is 9.69 Å². The second kappa shape index (κ2) is 8.67. The maximum Gasteiger partial charge on any atom is 0.251 e. The standard InChI is InChI=1S/C22H23ClN6O/c1-15(2)13-24-21(30)14-28-19(16-6-4-3-5-7-16)12-20(29-22(28)25-26-27-29)17-8-10-18(23)11-9-17/h3-12,15,20H,13-14H2,1-2H3,(H,24,30). The molecule has 1 aliphatic heterocycles. The van der Waals surface area contributed by atoms with Crippen molar-refractivity contribution >= 4 is 29.2 Å². The van der Waals surface area contributed by atoms with Gasteiger partial charge in [-0.25, -0.2) is 0 Å². The lowest BCUT2D eigenvalue weighted by molar-refractivity contribution is -0.119. The number of benzene rings is 2. The van der Waals surface area contributed by atoms with E-state index in [-0.39, 0.29) is 18.5 Å². The van der Waals surface area contributed by atoms with Gasteiger partial charge in [0.2, 0.25) is 5.91 Å². The molecule has 4 rings (SSSR count). The predicted octanol–water partition coefficient (Wildman–Crippen LogP) is 3.55. The van der Waals surface area contributed by atoms with E-state index in [9.17, 15) is 4.79 Å². The highest BCUT2D eigenvalue weighted by molar-refractivity contribution is 6.30. The van der Waals surface area contributed by atoms with E-state index in [1.807, 2.05) is 59.5 Å². The number of aromatic nitrogens is 4. The van der Waals surface area contributed by atoms with Crippen molar-refractivity contribution in [2.24, 2.45) is 5.92 Å². The highest BCUT2D eigenvalue weighted by atomic mass is 35.5. The summed E-state index contributed by atoms with van der Waals surface area (Å²) < 4.78 is 1.73. The molecule has 0 aliphatic carbocycles. The first-order chi connectivity index (χ1) is 14.5. The number of fused-ring (bicyclic) bond motifs is 1. The molecule has 0 saturated heterocycles. The van der Waals surface area contributed by atoms with Gasteiger partial charge >= 0.3 is 0 Å². The van der Waals surface area contributed by atoms with Gasteiger partial charge in [0.05, 0.1) is 5.70 Å². The van der Waals surface area contributed by atoms with Crippen LogP contribution in [0.2, 0.25) is 5.02 Å². The Morgan fingerprint density at radius 2 is 1.87 bits per heavy atom. The van der Waals surface area contributed by atoms with Crippen molar-refractivity contribution in [2.75, 3.05) is 18.0 Å². The molecule has 1 amide bonds. The molecule has 1 aromatic heterocycles. The minimum absolute atomic E-state index is 0.0787. The number of allylic oxidation sites excluding steroid dienone is 1. The number of hydrogen-bond acceptors (Lipinski definition) is 5. The van der Waals surface area contributed by atoms with Crippen molar-refractivity contribution < 1.29 is 4.79 Å². The normalized spacial score (nSPS) is 15.7. The molecular weight excluding hydrogens is 400 g/mol. The summed E-state index contributed by atoms with van der Waals surface area (Å²) in [4.78, 5) is 14.5. The molecule has 7 nitrogen and oxygen atoms in total. The summed E-state index contributed by atoms with van der Waals surface area (Å²) in [6.45, 7) is 4.87. The second-order valence-electron chi connectivity index (χ2n) is 7.62. The number of halogens is 1. The van der Waals surface area contributed by atoms with Crippen molar-refractivity contribution in [1.29, 1.82) is 0 Å². The lowest BCUT2D eigenvalue weighted by Crippen LogP contribution is -2.41. The van der Waals surface area contributed by atoms with Gasteiger partial charge in [-0.1, -0.05) is 73.0 Å². The van der Waals surface area contributed by atoms with Crippen LogP contribution in [-0.4, -0.2) is 39.2 Å². The summed E-state index contributed by atoms with van der Waals surface area (Å²) in [6, 6.07) is 17.4. The summed E-state index contributed by atoms with van der Waals surface area (Å²) in [6.07, 6.45) is 2.08. The van der Waals surface area contributed by atoms with Crippen LogP contribution in [-0.2, 0) is 4.79 Å². The SMILES string of the molecule is CC(C)CNC(=O)CN1C(c2ccccc2)=CC(c2ccc(Cl)cc2)n2nnnc21. The molecule has 3 aromatic rings. The molecule has 154 valence electrons. The van der Waals surface area contributed by atoms with Crippen molar-refractivity contribution in [3.05, 3.63) is 76.8 Å². The van der Waals surface area contributed by atoms with Gasteiger partial charge in [0.1, 0.15) is 12.6 Å². The number of carbonyl (C=O) groups is 1. The van der Waals surface area contributed by atoms with E-state index in [0.29, 0.717) is 23.4 Å². The van der Waals surface area contributed by atoms with Gasteiger partial charge < -0.3 is 5.32 Å². The first kappa shape index (κ1) is 20.1. The van der Waals surface area contributed by atoms with Crippen molar-refractivity contribution in [3.63, 3.8) is 0 Å². The summed E-state index contributed by atoms with van der Waals surface area (Å²) in [5.74, 6) is 0.820. The van der Waals surface area contributed by atoms with Crippen LogP contribution in [0, 0.1) is 5.92 Å². The van der Waals surface area contributed by atoms with Gasteiger partial charge in [0, 0.05) is 11.6 Å². The number of rotatable bonds is 6. The zero-order valence-corrected chi connectivity index (χ0v) is 17.6. The van der Waals surface area contributed by atoms with Crippen LogP contribution in [0.5, 0.6) is 0 Å². The fraction of sp³-hybridized carbons (Fsp3) is 0.273. The molecule has 2 heterocycles. The number of anilines is 1. The third-order valence-corrected chi connectivity index (χ3v) is 5.13. The van der Waals surface area contributed by atoms with E-state index < -0.39 is 0 Å². The Kier molecular flexibility index (Phi) is 5.81. The summed E-state index contributed by atoms with van der Waals surface area (Å²) in [7, 11) is 0. The lowest BCUT2D eigenvalue weighted by Gasteiger charge is -2.32. The highest BCUT2D eigenvalue weighted by Crippen LogP contribution is 2.36. The van der Waals surface area contributed by atoms with Crippen LogP contribution in [0.3, 0.4) is 0 Å². The number of hydrogen-bond donors (Lipinski definition) is 1. The maximum atomic E-state index is 12.6. The zero-order chi connectivity index (χ0) is 21.1. The minimum atomic E-state index is -0.211. The van der Waals surface area contributed by atoms with Crippen molar-refractivity contribution in [1.82, 2.24) is 25.5 Å². The monoisotopic (exact) mass is 422 g/mol. The third kappa shape index (κ3) is 4.21. The minimum Gasteiger partial charge on any atom is -0.354 e. The fourth-order valence-electron chi connectivity index (χ4n) is 3.40. The molecule has 1 N–H and O–H groups in total. The van der Waals surface area contributed by atoms with Crippen LogP contribution in [0.15, 0.2) is 60.7 Å². The zero-order valence-electron chi connectivity index (χ0n) is 16.9. The summed E-state index contributed by atoms with van der Waals surface area (Å²) >= 11 is 6.07. The van der Waals surface area contributed by atoms with Crippen LogP contribution in [0.4, 0.5) is 5.95 Å². The maximum absolute atomic E-state index is 12.6. The molecule has 0 bridgehead atoms. The Morgan fingerprint density at radius 1 is 1.13 bits per heavy atom. The molecule has 30 heavy (non-hydrogen) atoms. The van der Waals surface area contributed by atoms with E-state index in [4.69, 9.17) is 11.6 Å². The molecule has 1 aliphatic rings. The molecular formula is C22H23ClN6O. The molecule has 2 aromatic carbocycles. The Labute approximate surface area is 180 Å². The number of nitrogens with one attached hydrogen (secondary N) is 1. The van der Waals surface area contributed by atoms with Gasteiger partial charge in [-0.05, 0) is 45.7 Å². The van der Waals surface area contributed by atoms with Crippen LogP contribution in [0.1, 0.15) is 31.0 Å². The Morgan fingerprint density at radius 3 is 2.57 bits per heavy atom. The fourth-order valence-corrected chi connectivity index (χ4v) is 3.52.